The van der Waals surface area contributed by atoms with Crippen LogP contribution in [0.2, 0.25) is 5.02 Å². The Morgan fingerprint density at radius 2 is 1.59 bits per heavy atom. The van der Waals surface area contributed by atoms with Crippen molar-refractivity contribution in [1.29, 1.82) is 0 Å². The summed E-state index contributed by atoms with van der Waals surface area (Å²) >= 11 is 18.4. The summed E-state index contributed by atoms with van der Waals surface area (Å²) in [5.74, 6) is -6.64. The van der Waals surface area contributed by atoms with Gasteiger partial charge in [-0.25, -0.2) is 8.78 Å². The molecule has 1 heterocycles. The van der Waals surface area contributed by atoms with Crippen molar-refractivity contribution in [3.8, 4) is 0 Å². The van der Waals surface area contributed by atoms with Crippen molar-refractivity contribution in [2.75, 3.05) is 21.7 Å². The van der Waals surface area contributed by atoms with Crippen LogP contribution in [-0.2, 0) is 15.7 Å². The Balaban J connectivity index is 1.21. The Hall–Kier alpha value is -2.98. The van der Waals surface area contributed by atoms with Crippen LogP contribution in [0.3, 0.4) is 0 Å². The van der Waals surface area contributed by atoms with E-state index in [1.54, 1.807) is 0 Å². The highest BCUT2D eigenvalue weighted by Crippen LogP contribution is 2.69. The molecule has 1 saturated carbocycles. The van der Waals surface area contributed by atoms with Gasteiger partial charge >= 0.3 is 11.7 Å². The standard InChI is InChI=1S/C28H18Cl3F8N3O3S/c29-16-4-2-12(8-14(16)24(44)42-19-6-3-13(9-18(19)33)40-20(43)10-46-28(37,38)39)41-25-23(45-25)22-21(26(22,30)31)11-1-5-17(32)15(7-11)27(34,35)36/h1-9,21-23,25,41H,10H2,(H,40,43)(H,42,44)/t21-,22+,23?,25+/m0/s1. The van der Waals surface area contributed by atoms with Gasteiger partial charge < -0.3 is 20.7 Å². The number of nitrogens with one attached hydrogen (secondary N) is 3. The number of alkyl halides is 8. The average Bonchev–Trinajstić information content (AvgIpc) is 3.83. The van der Waals surface area contributed by atoms with E-state index in [9.17, 15) is 44.7 Å². The molecule has 0 spiro atoms. The van der Waals surface area contributed by atoms with Crippen LogP contribution in [-0.4, -0.2) is 39.7 Å². The Morgan fingerprint density at radius 3 is 2.24 bits per heavy atom. The summed E-state index contributed by atoms with van der Waals surface area (Å²) < 4.78 is 109. The Morgan fingerprint density at radius 1 is 0.891 bits per heavy atom. The molecule has 3 aromatic carbocycles. The van der Waals surface area contributed by atoms with Gasteiger partial charge in [0.25, 0.3) is 5.91 Å². The topological polar surface area (TPSA) is 82.8 Å². The molecule has 46 heavy (non-hydrogen) atoms. The number of hydrogen-bond donors (Lipinski definition) is 3. The summed E-state index contributed by atoms with van der Waals surface area (Å²) in [6, 6.07) is 9.81. The molecule has 0 aromatic heterocycles. The van der Waals surface area contributed by atoms with Crippen LogP contribution in [0.1, 0.15) is 27.4 Å². The molecule has 1 aliphatic carbocycles. The van der Waals surface area contributed by atoms with Gasteiger partial charge in [-0.2, -0.15) is 26.3 Å². The smallest absolute Gasteiger partial charge is 0.358 e. The van der Waals surface area contributed by atoms with E-state index in [4.69, 9.17) is 39.5 Å². The van der Waals surface area contributed by atoms with Gasteiger partial charge in [0.1, 0.15) is 22.1 Å². The van der Waals surface area contributed by atoms with E-state index in [0.717, 1.165) is 12.1 Å². The third kappa shape index (κ3) is 7.76. The quantitative estimate of drug-likeness (QED) is 0.116. The zero-order valence-electron chi connectivity index (χ0n) is 22.5. The molecule has 1 saturated heterocycles. The largest absolute Gasteiger partial charge is 0.442 e. The molecule has 18 heteroatoms. The first-order chi connectivity index (χ1) is 21.3. The van der Waals surface area contributed by atoms with Crippen LogP contribution in [0.15, 0.2) is 54.6 Å². The second-order valence-corrected chi connectivity index (χ2v) is 13.1. The molecule has 4 atom stereocenters. The molecule has 6 nitrogen and oxygen atoms in total. The number of epoxide rings is 1. The third-order valence-corrected chi connectivity index (χ3v) is 9.07. The maximum Gasteiger partial charge on any atom is 0.442 e. The highest BCUT2D eigenvalue weighted by Gasteiger charge is 2.72. The number of anilines is 3. The fourth-order valence-corrected chi connectivity index (χ4v) is 6.31. The summed E-state index contributed by atoms with van der Waals surface area (Å²) in [6.07, 6.45) is -6.27. The fraction of sp³-hybridized carbons (Fsp3) is 0.286. The maximum atomic E-state index is 14.6. The number of thioether (sulfide) groups is 1. The molecule has 0 radical (unpaired) electrons. The van der Waals surface area contributed by atoms with Crippen LogP contribution in [0.25, 0.3) is 0 Å². The summed E-state index contributed by atoms with van der Waals surface area (Å²) in [7, 11) is 0. The molecule has 2 fully saturated rings. The molecule has 1 unspecified atom stereocenters. The van der Waals surface area contributed by atoms with Crippen molar-refractivity contribution in [2.45, 2.75) is 34.3 Å². The second-order valence-electron chi connectivity index (χ2n) is 10.2. The number of hydrogen-bond acceptors (Lipinski definition) is 5. The fourth-order valence-electron chi connectivity index (χ4n) is 4.84. The number of ether oxygens (including phenoxy) is 1. The van der Waals surface area contributed by atoms with Gasteiger partial charge in [0.2, 0.25) is 5.91 Å². The van der Waals surface area contributed by atoms with Gasteiger partial charge in [0.15, 0.2) is 6.23 Å². The number of carbonyl (C=O) groups is 2. The van der Waals surface area contributed by atoms with E-state index in [2.05, 4.69) is 16.0 Å². The second kappa shape index (κ2) is 12.6. The van der Waals surface area contributed by atoms with Gasteiger partial charge in [-0.05, 0) is 65.9 Å². The van der Waals surface area contributed by atoms with E-state index < -0.39 is 86.7 Å². The molecule has 5 rings (SSSR count). The molecule has 246 valence electrons. The maximum absolute atomic E-state index is 14.6. The first kappa shape index (κ1) is 34.4. The van der Waals surface area contributed by atoms with Crippen LogP contribution in [0.4, 0.5) is 52.2 Å². The van der Waals surface area contributed by atoms with Gasteiger partial charge in [-0.15, -0.1) is 23.2 Å². The van der Waals surface area contributed by atoms with Crippen LogP contribution >= 0.6 is 46.6 Å². The SMILES string of the molecule is O=C(CSC(F)(F)F)Nc1ccc(NC(=O)c2cc(N[C@@H]3OC3[C@H]3[C@H](c4ccc(F)c(C(F)(F)F)c4)C3(Cl)Cl)ccc2Cl)c(F)c1. The molecule has 2 amide bonds. The summed E-state index contributed by atoms with van der Waals surface area (Å²) in [5.41, 5.74) is -6.19. The Labute approximate surface area is 274 Å². The highest BCUT2D eigenvalue weighted by molar-refractivity contribution is 8.00. The predicted molar refractivity (Wildman–Crippen MR) is 157 cm³/mol. The molecule has 3 N–H and O–H groups in total. The normalized spacial score (nSPS) is 21.8. The molecular weight excluding hydrogens is 717 g/mol. The Kier molecular flexibility index (Phi) is 9.38. The summed E-state index contributed by atoms with van der Waals surface area (Å²) in [5, 5.41) is 7.40. The first-order valence-electron chi connectivity index (χ1n) is 12.9. The lowest BCUT2D eigenvalue weighted by Gasteiger charge is -2.12. The van der Waals surface area contributed by atoms with Crippen LogP contribution < -0.4 is 16.0 Å². The zero-order valence-corrected chi connectivity index (χ0v) is 25.6. The predicted octanol–water partition coefficient (Wildman–Crippen LogP) is 8.81. The summed E-state index contributed by atoms with van der Waals surface area (Å²) in [4.78, 5) is 24.6. The van der Waals surface area contributed by atoms with Crippen LogP contribution in [0, 0.1) is 17.6 Å². The molecule has 2 aliphatic rings. The number of rotatable bonds is 9. The van der Waals surface area contributed by atoms with E-state index in [1.807, 2.05) is 0 Å². The van der Waals surface area contributed by atoms with Gasteiger partial charge in [0, 0.05) is 23.2 Å². The molecule has 1 aliphatic heterocycles. The number of benzene rings is 3. The lowest BCUT2D eigenvalue weighted by atomic mass is 10.0. The molecule has 0 bridgehead atoms. The monoisotopic (exact) mass is 733 g/mol. The number of amides is 2. The van der Waals surface area contributed by atoms with Crippen molar-refractivity contribution in [1.82, 2.24) is 0 Å². The van der Waals surface area contributed by atoms with Crippen molar-refractivity contribution < 1.29 is 49.4 Å². The first-order valence-corrected chi connectivity index (χ1v) is 15.0. The van der Waals surface area contributed by atoms with Crippen molar-refractivity contribution in [3.63, 3.8) is 0 Å². The third-order valence-electron chi connectivity index (χ3n) is 7.03. The van der Waals surface area contributed by atoms with Crippen molar-refractivity contribution in [2.24, 2.45) is 5.92 Å². The van der Waals surface area contributed by atoms with Gasteiger partial charge in [-0.3, -0.25) is 9.59 Å². The minimum absolute atomic E-state index is 0.0117. The minimum Gasteiger partial charge on any atom is -0.358 e. The summed E-state index contributed by atoms with van der Waals surface area (Å²) in [6.45, 7) is 0. The van der Waals surface area contributed by atoms with Crippen LogP contribution in [0.5, 0.6) is 0 Å². The van der Waals surface area contributed by atoms with Gasteiger partial charge in [-0.1, -0.05) is 17.7 Å². The lowest BCUT2D eigenvalue weighted by molar-refractivity contribution is -0.140. The molecular formula is C28H18Cl3F8N3O3S. The lowest BCUT2D eigenvalue weighted by Crippen LogP contribution is -2.18. The van der Waals surface area contributed by atoms with Crippen molar-refractivity contribution in [3.05, 3.63) is 87.9 Å². The van der Waals surface area contributed by atoms with E-state index in [1.165, 1.54) is 30.3 Å². The van der Waals surface area contributed by atoms with E-state index in [-0.39, 0.29) is 27.5 Å². The average molecular weight is 735 g/mol. The number of halogens is 11. The Bertz CT molecular complexity index is 1690. The van der Waals surface area contributed by atoms with E-state index in [0.29, 0.717) is 17.8 Å². The van der Waals surface area contributed by atoms with E-state index >= 15 is 0 Å². The number of carbonyl (C=O) groups excluding carboxylic acids is 2. The highest BCUT2D eigenvalue weighted by atomic mass is 35.5. The minimum atomic E-state index is -4.92. The zero-order chi connectivity index (χ0) is 33.8. The van der Waals surface area contributed by atoms with Gasteiger partial charge in [0.05, 0.1) is 27.6 Å². The van der Waals surface area contributed by atoms with Crippen molar-refractivity contribution >= 4 is 75.4 Å². The molecule has 3 aromatic rings.